The Morgan fingerprint density at radius 1 is 1.00 bits per heavy atom. The Morgan fingerprint density at radius 2 is 1.33 bits per heavy atom. The van der Waals surface area contributed by atoms with Crippen LogP contribution in [-0.2, 0) is 4.74 Å². The maximum Gasteiger partial charge on any atom is 0.522 e. The molecule has 0 heterocycles. The van der Waals surface area contributed by atoms with Gasteiger partial charge in [-0.25, -0.2) is 0 Å². The number of halogens is 3. The topological polar surface area (TPSA) is 9.23 Å². The van der Waals surface area contributed by atoms with E-state index >= 15 is 0 Å². The van der Waals surface area contributed by atoms with Crippen LogP contribution in [0, 0.1) is 6.92 Å². The summed E-state index contributed by atoms with van der Waals surface area (Å²) in [6.07, 6.45) is -4.46. The Kier molecular flexibility index (Phi) is 10.4. The molecule has 1 nitrogen and oxygen atoms in total. The van der Waals surface area contributed by atoms with Gasteiger partial charge in [-0.05, 0) is 6.92 Å². The van der Waals surface area contributed by atoms with Gasteiger partial charge in [0.1, 0.15) is 0 Å². The van der Waals surface area contributed by atoms with E-state index < -0.39 is 6.36 Å². The van der Waals surface area contributed by atoms with Crippen molar-refractivity contribution in [2.75, 3.05) is 7.11 Å². The average molecular weight is 222 g/mol. The molecule has 1 rings (SSSR count). The molecule has 1 aromatic carbocycles. The van der Waals surface area contributed by atoms with Gasteiger partial charge in [0.05, 0.1) is 0 Å². The fourth-order valence-corrected chi connectivity index (χ4v) is 0.534. The molecule has 0 saturated heterocycles. The summed E-state index contributed by atoms with van der Waals surface area (Å²) in [5, 5.41) is 0. The van der Waals surface area contributed by atoms with Gasteiger partial charge >= 0.3 is 6.36 Å². The summed E-state index contributed by atoms with van der Waals surface area (Å²) in [6, 6.07) is 10.3. The number of aryl methyl sites for hydroxylation is 1. The number of ether oxygens (including phenoxy) is 1. The second kappa shape index (κ2) is 9.52. The molecule has 0 saturated carbocycles. The van der Waals surface area contributed by atoms with Gasteiger partial charge in [0.25, 0.3) is 0 Å². The van der Waals surface area contributed by atoms with Crippen molar-refractivity contribution in [3.05, 3.63) is 35.9 Å². The summed E-state index contributed by atoms with van der Waals surface area (Å²) in [6.45, 7) is 6.08. The Labute approximate surface area is 88.9 Å². The summed E-state index contributed by atoms with van der Waals surface area (Å²) < 4.78 is 34.6. The van der Waals surface area contributed by atoms with Gasteiger partial charge in [-0.3, -0.25) is 4.74 Å². The lowest BCUT2D eigenvalue weighted by atomic mass is 10.2. The Morgan fingerprint density at radius 3 is 1.47 bits per heavy atom. The molecule has 0 aliphatic heterocycles. The van der Waals surface area contributed by atoms with Crippen molar-refractivity contribution >= 4 is 0 Å². The first kappa shape index (κ1) is 16.4. The van der Waals surface area contributed by atoms with Gasteiger partial charge in [0.15, 0.2) is 0 Å². The first-order chi connectivity index (χ1) is 6.95. The maximum absolute atomic E-state index is 10.6. The zero-order valence-corrected chi connectivity index (χ0v) is 9.43. The van der Waals surface area contributed by atoms with Crippen LogP contribution in [-0.4, -0.2) is 13.5 Å². The molecule has 0 aliphatic carbocycles. The van der Waals surface area contributed by atoms with Gasteiger partial charge < -0.3 is 0 Å². The Hall–Kier alpha value is -1.03. The van der Waals surface area contributed by atoms with E-state index in [-0.39, 0.29) is 0 Å². The molecular weight excluding hydrogens is 205 g/mol. The van der Waals surface area contributed by atoms with Crippen LogP contribution in [0.1, 0.15) is 19.4 Å². The lowest BCUT2D eigenvalue weighted by Crippen LogP contribution is -2.08. The lowest BCUT2D eigenvalue weighted by Gasteiger charge is -1.97. The molecule has 0 spiro atoms. The van der Waals surface area contributed by atoms with Crippen molar-refractivity contribution in [2.45, 2.75) is 27.1 Å². The second-order valence-electron chi connectivity index (χ2n) is 2.30. The van der Waals surface area contributed by atoms with E-state index in [9.17, 15) is 13.2 Å². The first-order valence-corrected chi connectivity index (χ1v) is 4.59. The number of benzene rings is 1. The third-order valence-corrected chi connectivity index (χ3v) is 1.17. The molecule has 15 heavy (non-hydrogen) atoms. The van der Waals surface area contributed by atoms with E-state index in [1.54, 1.807) is 0 Å². The van der Waals surface area contributed by atoms with E-state index in [1.807, 2.05) is 32.0 Å². The molecule has 0 radical (unpaired) electrons. The summed E-state index contributed by atoms with van der Waals surface area (Å²) in [7, 11) is 0.583. The van der Waals surface area contributed by atoms with Crippen LogP contribution in [0.3, 0.4) is 0 Å². The molecule has 0 aliphatic rings. The zero-order chi connectivity index (χ0) is 12.3. The van der Waals surface area contributed by atoms with Gasteiger partial charge in [0.2, 0.25) is 0 Å². The molecule has 1 aromatic rings. The molecule has 0 atom stereocenters. The summed E-state index contributed by atoms with van der Waals surface area (Å²) in [4.78, 5) is 0. The SMILES string of the molecule is CC.COC(F)(F)F.Cc1ccccc1. The highest BCUT2D eigenvalue weighted by Gasteiger charge is 2.25. The lowest BCUT2D eigenvalue weighted by molar-refractivity contribution is -0.311. The smallest absolute Gasteiger partial charge is 0.295 e. The van der Waals surface area contributed by atoms with Crippen LogP contribution in [0.15, 0.2) is 30.3 Å². The van der Waals surface area contributed by atoms with E-state index in [2.05, 4.69) is 23.8 Å². The minimum absolute atomic E-state index is 0.583. The normalized spacial score (nSPS) is 9.27. The largest absolute Gasteiger partial charge is 0.522 e. The quantitative estimate of drug-likeness (QED) is 0.640. The highest BCUT2D eigenvalue weighted by Crippen LogP contribution is 2.13. The van der Waals surface area contributed by atoms with Crippen molar-refractivity contribution in [1.82, 2.24) is 0 Å². The third-order valence-electron chi connectivity index (χ3n) is 1.17. The van der Waals surface area contributed by atoms with E-state index in [0.29, 0.717) is 7.11 Å². The summed E-state index contributed by atoms with van der Waals surface area (Å²) >= 11 is 0. The van der Waals surface area contributed by atoms with E-state index in [1.165, 1.54) is 5.56 Å². The third kappa shape index (κ3) is 15.7. The maximum atomic E-state index is 10.6. The van der Waals surface area contributed by atoms with Crippen LogP contribution >= 0.6 is 0 Å². The number of methoxy groups -OCH3 is 1. The van der Waals surface area contributed by atoms with Crippen LogP contribution in [0.25, 0.3) is 0 Å². The highest BCUT2D eigenvalue weighted by molar-refractivity contribution is 5.11. The van der Waals surface area contributed by atoms with Gasteiger partial charge in [0, 0.05) is 7.11 Å². The minimum atomic E-state index is -4.46. The highest BCUT2D eigenvalue weighted by atomic mass is 19.4. The van der Waals surface area contributed by atoms with Crippen LogP contribution in [0.4, 0.5) is 13.2 Å². The van der Waals surface area contributed by atoms with Crippen molar-refractivity contribution in [3.63, 3.8) is 0 Å². The Bertz CT molecular complexity index is 219. The molecular formula is C11H17F3O. The van der Waals surface area contributed by atoms with E-state index in [0.717, 1.165) is 0 Å². The summed E-state index contributed by atoms with van der Waals surface area (Å²) in [5.74, 6) is 0. The number of hydrogen-bond acceptors (Lipinski definition) is 1. The molecule has 0 aromatic heterocycles. The number of alkyl halides is 3. The number of hydrogen-bond donors (Lipinski definition) is 0. The predicted molar refractivity (Wildman–Crippen MR) is 55.6 cm³/mol. The first-order valence-electron chi connectivity index (χ1n) is 4.59. The van der Waals surface area contributed by atoms with Crippen LogP contribution < -0.4 is 0 Å². The monoisotopic (exact) mass is 222 g/mol. The van der Waals surface area contributed by atoms with Gasteiger partial charge in [-0.2, -0.15) is 0 Å². The van der Waals surface area contributed by atoms with Gasteiger partial charge in [-0.15, -0.1) is 13.2 Å². The van der Waals surface area contributed by atoms with E-state index in [4.69, 9.17) is 0 Å². The minimum Gasteiger partial charge on any atom is -0.295 e. The molecule has 88 valence electrons. The van der Waals surface area contributed by atoms with Crippen LogP contribution in [0.2, 0.25) is 0 Å². The molecule has 0 fully saturated rings. The second-order valence-corrected chi connectivity index (χ2v) is 2.30. The fraction of sp³-hybridized carbons (Fsp3) is 0.455. The van der Waals surface area contributed by atoms with Crippen molar-refractivity contribution < 1.29 is 17.9 Å². The molecule has 0 bridgehead atoms. The standard InChI is InChI=1S/C7H8.C2H3F3O.C2H6/c1-7-5-3-2-4-6-7;1-6-2(3,4)5;1-2/h2-6H,1H3;1H3;1-2H3. The van der Waals surface area contributed by atoms with Gasteiger partial charge in [-0.1, -0.05) is 49.7 Å². The van der Waals surface area contributed by atoms with Crippen molar-refractivity contribution in [2.24, 2.45) is 0 Å². The predicted octanol–water partition coefficient (Wildman–Crippen LogP) is 4.17. The Balaban J connectivity index is 0. The van der Waals surface area contributed by atoms with Crippen molar-refractivity contribution in [3.8, 4) is 0 Å². The zero-order valence-electron chi connectivity index (χ0n) is 9.43. The van der Waals surface area contributed by atoms with Crippen LogP contribution in [0.5, 0.6) is 0 Å². The fourth-order valence-electron chi connectivity index (χ4n) is 0.534. The molecule has 0 amide bonds. The number of rotatable bonds is 0. The molecule has 0 N–H and O–H groups in total. The summed E-state index contributed by atoms with van der Waals surface area (Å²) in [5.41, 5.74) is 1.32. The molecule has 4 heteroatoms. The van der Waals surface area contributed by atoms with Crippen molar-refractivity contribution in [1.29, 1.82) is 0 Å². The molecule has 0 unspecified atom stereocenters. The average Bonchev–Trinajstić information content (AvgIpc) is 2.22.